The lowest BCUT2D eigenvalue weighted by Crippen LogP contribution is -2.11. The number of esters is 1. The highest BCUT2D eigenvalue weighted by molar-refractivity contribution is 5.78. The SMILES string of the molecule is COc1ccccc1COC(=O)[C@@H]1[C@@H](C=C(C)C)C1(C)C. The Morgan fingerprint density at radius 3 is 2.57 bits per heavy atom. The zero-order valence-corrected chi connectivity index (χ0v) is 13.5. The van der Waals surface area contributed by atoms with Crippen LogP contribution in [0.4, 0.5) is 0 Å². The van der Waals surface area contributed by atoms with Gasteiger partial charge in [-0.15, -0.1) is 0 Å². The molecule has 2 atom stereocenters. The van der Waals surface area contributed by atoms with Gasteiger partial charge in [-0.2, -0.15) is 0 Å². The van der Waals surface area contributed by atoms with E-state index in [2.05, 4.69) is 33.8 Å². The van der Waals surface area contributed by atoms with Crippen LogP contribution in [0.2, 0.25) is 0 Å². The van der Waals surface area contributed by atoms with Crippen molar-refractivity contribution in [2.24, 2.45) is 17.3 Å². The van der Waals surface area contributed by atoms with Crippen LogP contribution in [-0.4, -0.2) is 13.1 Å². The molecule has 0 N–H and O–H groups in total. The molecule has 1 aromatic carbocycles. The molecule has 1 aliphatic rings. The Labute approximate surface area is 127 Å². The molecule has 0 heterocycles. The lowest BCUT2D eigenvalue weighted by Gasteiger charge is -2.09. The minimum atomic E-state index is -0.117. The molecule has 21 heavy (non-hydrogen) atoms. The van der Waals surface area contributed by atoms with Gasteiger partial charge in [0.15, 0.2) is 0 Å². The molecule has 1 saturated carbocycles. The summed E-state index contributed by atoms with van der Waals surface area (Å²) in [5.74, 6) is 0.879. The van der Waals surface area contributed by atoms with E-state index in [1.807, 2.05) is 24.3 Å². The molecule has 0 spiro atoms. The van der Waals surface area contributed by atoms with E-state index < -0.39 is 0 Å². The standard InChI is InChI=1S/C18H24O3/c1-12(2)10-14-16(18(14,3)4)17(19)21-11-13-8-6-7-9-15(13)20-5/h6-10,14,16H,11H2,1-5H3/t14-,16+/m1/s1. The molecule has 3 heteroatoms. The maximum atomic E-state index is 12.3. The number of hydrogen-bond acceptors (Lipinski definition) is 3. The van der Waals surface area contributed by atoms with E-state index in [9.17, 15) is 4.79 Å². The molecule has 2 rings (SSSR count). The predicted octanol–water partition coefficient (Wildman–Crippen LogP) is 3.98. The topological polar surface area (TPSA) is 35.5 Å². The van der Waals surface area contributed by atoms with Gasteiger partial charge in [0.25, 0.3) is 0 Å². The first kappa shape index (κ1) is 15.6. The fraction of sp³-hybridized carbons (Fsp3) is 0.500. The summed E-state index contributed by atoms with van der Waals surface area (Å²) in [6.45, 7) is 8.62. The molecule has 0 radical (unpaired) electrons. The van der Waals surface area contributed by atoms with Crippen LogP contribution in [0.1, 0.15) is 33.3 Å². The number of allylic oxidation sites excluding steroid dienone is 2. The predicted molar refractivity (Wildman–Crippen MR) is 83.0 cm³/mol. The number of methoxy groups -OCH3 is 1. The van der Waals surface area contributed by atoms with Crippen LogP contribution in [0.3, 0.4) is 0 Å². The van der Waals surface area contributed by atoms with Crippen LogP contribution < -0.4 is 4.74 Å². The fourth-order valence-electron chi connectivity index (χ4n) is 2.86. The van der Waals surface area contributed by atoms with Crippen LogP contribution in [0.15, 0.2) is 35.9 Å². The molecule has 1 aliphatic carbocycles. The van der Waals surface area contributed by atoms with Crippen LogP contribution in [0, 0.1) is 17.3 Å². The van der Waals surface area contributed by atoms with E-state index in [0.717, 1.165) is 11.3 Å². The number of rotatable bonds is 5. The van der Waals surface area contributed by atoms with Crippen LogP contribution in [0.5, 0.6) is 5.75 Å². The summed E-state index contributed by atoms with van der Waals surface area (Å²) in [4.78, 5) is 12.3. The van der Waals surface area contributed by atoms with Gasteiger partial charge < -0.3 is 9.47 Å². The first-order chi connectivity index (χ1) is 9.87. The van der Waals surface area contributed by atoms with Crippen LogP contribution >= 0.6 is 0 Å². The Bertz CT molecular complexity index is 553. The van der Waals surface area contributed by atoms with E-state index in [0.29, 0.717) is 0 Å². The highest BCUT2D eigenvalue weighted by Gasteiger charge is 2.61. The van der Waals surface area contributed by atoms with Crippen molar-refractivity contribution >= 4 is 5.97 Å². The molecule has 0 amide bonds. The summed E-state index contributed by atoms with van der Waals surface area (Å²) in [7, 11) is 1.62. The van der Waals surface area contributed by atoms with Gasteiger partial charge in [0, 0.05) is 5.56 Å². The minimum Gasteiger partial charge on any atom is -0.496 e. The molecule has 1 aromatic rings. The normalized spacial score (nSPS) is 22.3. The second-order valence-electron chi connectivity index (χ2n) is 6.49. The van der Waals surface area contributed by atoms with Crippen molar-refractivity contribution in [1.29, 1.82) is 0 Å². The average Bonchev–Trinajstić information content (AvgIpc) is 2.96. The maximum absolute atomic E-state index is 12.3. The third-order valence-corrected chi connectivity index (χ3v) is 4.24. The summed E-state index contributed by atoms with van der Waals surface area (Å²) in [5.41, 5.74) is 2.13. The number of carbonyl (C=O) groups excluding carboxylic acids is 1. The number of hydrogen-bond donors (Lipinski definition) is 0. The smallest absolute Gasteiger partial charge is 0.310 e. The fourth-order valence-corrected chi connectivity index (χ4v) is 2.86. The Morgan fingerprint density at radius 1 is 1.29 bits per heavy atom. The third kappa shape index (κ3) is 3.29. The molecular weight excluding hydrogens is 264 g/mol. The molecule has 1 fully saturated rings. The van der Waals surface area contributed by atoms with Gasteiger partial charge in [-0.25, -0.2) is 0 Å². The van der Waals surface area contributed by atoms with Gasteiger partial charge in [-0.1, -0.05) is 43.7 Å². The van der Waals surface area contributed by atoms with Gasteiger partial charge >= 0.3 is 5.97 Å². The average molecular weight is 288 g/mol. The van der Waals surface area contributed by atoms with Crippen molar-refractivity contribution in [1.82, 2.24) is 0 Å². The van der Waals surface area contributed by atoms with Crippen LogP contribution in [0.25, 0.3) is 0 Å². The Balaban J connectivity index is 1.99. The Hall–Kier alpha value is -1.77. The number of para-hydroxylation sites is 1. The molecule has 3 nitrogen and oxygen atoms in total. The van der Waals surface area contributed by atoms with Crippen molar-refractivity contribution in [2.45, 2.75) is 34.3 Å². The second kappa shape index (κ2) is 5.92. The summed E-state index contributed by atoms with van der Waals surface area (Å²) < 4.78 is 10.8. The van der Waals surface area contributed by atoms with Gasteiger partial charge in [0.05, 0.1) is 13.0 Å². The largest absolute Gasteiger partial charge is 0.496 e. The van der Waals surface area contributed by atoms with Gasteiger partial charge in [0.1, 0.15) is 12.4 Å². The molecule has 0 unspecified atom stereocenters. The lowest BCUT2D eigenvalue weighted by molar-refractivity contribution is -0.147. The lowest BCUT2D eigenvalue weighted by atomic mass is 10.1. The highest BCUT2D eigenvalue weighted by Crippen LogP contribution is 2.59. The van der Waals surface area contributed by atoms with E-state index in [4.69, 9.17) is 9.47 Å². The third-order valence-electron chi connectivity index (χ3n) is 4.24. The van der Waals surface area contributed by atoms with E-state index >= 15 is 0 Å². The first-order valence-corrected chi connectivity index (χ1v) is 7.31. The quantitative estimate of drug-likeness (QED) is 0.607. The summed E-state index contributed by atoms with van der Waals surface area (Å²) in [6, 6.07) is 7.60. The summed E-state index contributed by atoms with van der Waals surface area (Å²) in [5, 5.41) is 0. The highest BCUT2D eigenvalue weighted by atomic mass is 16.5. The van der Waals surface area contributed by atoms with Gasteiger partial charge in [0.2, 0.25) is 0 Å². The van der Waals surface area contributed by atoms with Crippen molar-refractivity contribution in [3.8, 4) is 5.75 Å². The maximum Gasteiger partial charge on any atom is 0.310 e. The molecule has 0 saturated heterocycles. The number of carbonyl (C=O) groups is 1. The molecule has 0 aliphatic heterocycles. The summed E-state index contributed by atoms with van der Waals surface area (Å²) in [6.07, 6.45) is 2.18. The van der Waals surface area contributed by atoms with Crippen LogP contribution in [-0.2, 0) is 16.1 Å². The number of benzene rings is 1. The molecule has 0 bridgehead atoms. The molecule has 114 valence electrons. The van der Waals surface area contributed by atoms with E-state index in [1.54, 1.807) is 7.11 Å². The van der Waals surface area contributed by atoms with Crippen molar-refractivity contribution in [3.63, 3.8) is 0 Å². The van der Waals surface area contributed by atoms with Crippen molar-refractivity contribution in [3.05, 3.63) is 41.5 Å². The monoisotopic (exact) mass is 288 g/mol. The zero-order chi connectivity index (χ0) is 15.6. The first-order valence-electron chi connectivity index (χ1n) is 7.31. The van der Waals surface area contributed by atoms with Crippen molar-refractivity contribution < 1.29 is 14.3 Å². The Morgan fingerprint density at radius 2 is 1.95 bits per heavy atom. The molecule has 0 aromatic heterocycles. The van der Waals surface area contributed by atoms with Gasteiger partial charge in [-0.3, -0.25) is 4.79 Å². The summed E-state index contributed by atoms with van der Waals surface area (Å²) >= 11 is 0. The number of ether oxygens (including phenoxy) is 2. The Kier molecular flexibility index (Phi) is 4.40. The molecular formula is C18H24O3. The van der Waals surface area contributed by atoms with E-state index in [-0.39, 0.29) is 29.8 Å². The van der Waals surface area contributed by atoms with Gasteiger partial charge in [-0.05, 0) is 31.2 Å². The second-order valence-corrected chi connectivity index (χ2v) is 6.49. The zero-order valence-electron chi connectivity index (χ0n) is 13.5. The van der Waals surface area contributed by atoms with E-state index in [1.165, 1.54) is 5.57 Å². The minimum absolute atomic E-state index is 0.00483. The van der Waals surface area contributed by atoms with Crippen molar-refractivity contribution in [2.75, 3.05) is 7.11 Å².